The molecule has 1 N–H and O–H groups in total. The molecule has 0 aromatic heterocycles. The fraction of sp³-hybridized carbons (Fsp3) is 0.538. The molecule has 0 saturated carbocycles. The lowest BCUT2D eigenvalue weighted by molar-refractivity contribution is 0.475. The lowest BCUT2D eigenvalue weighted by atomic mass is 9.86. The molecule has 2 rings (SSSR count). The van der Waals surface area contributed by atoms with E-state index in [0.29, 0.717) is 11.8 Å². The van der Waals surface area contributed by atoms with Crippen molar-refractivity contribution in [3.8, 4) is 0 Å². The van der Waals surface area contributed by atoms with Gasteiger partial charge < -0.3 is 5.32 Å². The van der Waals surface area contributed by atoms with E-state index >= 15 is 0 Å². The molecule has 0 aliphatic carbocycles. The fourth-order valence-corrected chi connectivity index (χ4v) is 2.70. The maximum Gasteiger partial charge on any atom is 0.0178 e. The Balaban J connectivity index is 2.42. The Labute approximate surface area is 100 Å². The quantitative estimate of drug-likeness (QED) is 0.823. The zero-order chi connectivity index (χ0) is 10.8. The van der Waals surface area contributed by atoms with Gasteiger partial charge in [0.2, 0.25) is 0 Å². The second-order valence-electron chi connectivity index (χ2n) is 4.65. The summed E-state index contributed by atoms with van der Waals surface area (Å²) in [5.74, 6) is 1.35. The third kappa shape index (κ3) is 2.43. The summed E-state index contributed by atoms with van der Waals surface area (Å²) < 4.78 is 1.20. The number of nitrogens with one attached hydrogen (secondary N) is 1. The van der Waals surface area contributed by atoms with Gasteiger partial charge in [-0.05, 0) is 48.1 Å². The van der Waals surface area contributed by atoms with Crippen LogP contribution in [0, 0.1) is 5.92 Å². The predicted molar refractivity (Wildman–Crippen MR) is 68.3 cm³/mol. The SMILES string of the molecule is CC(C)C1CNCCc2ccc(Br)cc21. The molecule has 1 atom stereocenters. The maximum atomic E-state index is 3.57. The van der Waals surface area contributed by atoms with E-state index in [4.69, 9.17) is 0 Å². The van der Waals surface area contributed by atoms with Crippen LogP contribution in [-0.2, 0) is 6.42 Å². The van der Waals surface area contributed by atoms with Gasteiger partial charge in [-0.15, -0.1) is 0 Å². The topological polar surface area (TPSA) is 12.0 Å². The molecular weight excluding hydrogens is 250 g/mol. The molecule has 0 amide bonds. The molecule has 1 aliphatic heterocycles. The van der Waals surface area contributed by atoms with E-state index in [1.54, 1.807) is 0 Å². The summed E-state index contributed by atoms with van der Waals surface area (Å²) in [7, 11) is 0. The lowest BCUT2D eigenvalue weighted by Crippen LogP contribution is -2.23. The molecule has 1 aromatic rings. The molecule has 15 heavy (non-hydrogen) atoms. The summed E-state index contributed by atoms with van der Waals surface area (Å²) in [6.07, 6.45) is 1.16. The molecule has 1 heterocycles. The molecule has 1 aliphatic rings. The van der Waals surface area contributed by atoms with Gasteiger partial charge in [-0.25, -0.2) is 0 Å². The van der Waals surface area contributed by atoms with Crippen LogP contribution in [0.3, 0.4) is 0 Å². The summed E-state index contributed by atoms with van der Waals surface area (Å²) in [6.45, 7) is 6.84. The van der Waals surface area contributed by atoms with Crippen LogP contribution in [0.1, 0.15) is 30.9 Å². The first-order valence-corrected chi connectivity index (χ1v) is 6.47. The maximum absolute atomic E-state index is 3.57. The first-order valence-electron chi connectivity index (χ1n) is 5.67. The second-order valence-corrected chi connectivity index (χ2v) is 5.56. The van der Waals surface area contributed by atoms with Crippen molar-refractivity contribution in [2.24, 2.45) is 5.92 Å². The Morgan fingerprint density at radius 2 is 2.20 bits per heavy atom. The molecule has 0 fully saturated rings. The van der Waals surface area contributed by atoms with Crippen molar-refractivity contribution in [3.05, 3.63) is 33.8 Å². The summed E-state index contributed by atoms with van der Waals surface area (Å²) in [5, 5.41) is 3.53. The van der Waals surface area contributed by atoms with Gasteiger partial charge in [-0.1, -0.05) is 35.8 Å². The van der Waals surface area contributed by atoms with Gasteiger partial charge in [0.05, 0.1) is 0 Å². The van der Waals surface area contributed by atoms with E-state index in [0.717, 1.165) is 19.5 Å². The summed E-state index contributed by atoms with van der Waals surface area (Å²) in [5.41, 5.74) is 3.05. The Kier molecular flexibility index (Phi) is 3.47. The summed E-state index contributed by atoms with van der Waals surface area (Å²) in [6, 6.07) is 6.72. The van der Waals surface area contributed by atoms with Crippen LogP contribution in [0.4, 0.5) is 0 Å². The first-order chi connectivity index (χ1) is 7.18. The highest BCUT2D eigenvalue weighted by Crippen LogP contribution is 2.30. The van der Waals surface area contributed by atoms with Crippen molar-refractivity contribution in [1.82, 2.24) is 5.32 Å². The Morgan fingerprint density at radius 3 is 2.93 bits per heavy atom. The number of hydrogen-bond donors (Lipinski definition) is 1. The standard InChI is InChI=1S/C13H18BrN/c1-9(2)13-8-15-6-5-10-3-4-11(14)7-12(10)13/h3-4,7,9,13,15H,5-6,8H2,1-2H3. The molecule has 0 saturated heterocycles. The van der Waals surface area contributed by atoms with Crippen LogP contribution >= 0.6 is 15.9 Å². The van der Waals surface area contributed by atoms with Crippen molar-refractivity contribution in [1.29, 1.82) is 0 Å². The first kappa shape index (κ1) is 11.2. The zero-order valence-corrected chi connectivity index (χ0v) is 11.0. The van der Waals surface area contributed by atoms with Crippen molar-refractivity contribution in [2.75, 3.05) is 13.1 Å². The average Bonchev–Trinajstić information content (AvgIpc) is 2.39. The number of fused-ring (bicyclic) bond motifs is 1. The van der Waals surface area contributed by atoms with Gasteiger partial charge in [-0.2, -0.15) is 0 Å². The Hall–Kier alpha value is -0.340. The third-order valence-corrected chi connectivity index (χ3v) is 3.74. The monoisotopic (exact) mass is 267 g/mol. The number of rotatable bonds is 1. The van der Waals surface area contributed by atoms with E-state index in [2.05, 4.69) is 53.3 Å². The fourth-order valence-electron chi connectivity index (χ4n) is 2.32. The second kappa shape index (κ2) is 4.67. The molecule has 82 valence electrons. The summed E-state index contributed by atoms with van der Waals surface area (Å²) in [4.78, 5) is 0. The van der Waals surface area contributed by atoms with E-state index < -0.39 is 0 Å². The van der Waals surface area contributed by atoms with Gasteiger partial charge in [0.15, 0.2) is 0 Å². The van der Waals surface area contributed by atoms with Crippen LogP contribution < -0.4 is 5.32 Å². The molecule has 1 aromatic carbocycles. The highest BCUT2D eigenvalue weighted by molar-refractivity contribution is 9.10. The number of hydrogen-bond acceptors (Lipinski definition) is 1. The van der Waals surface area contributed by atoms with Crippen LogP contribution in [0.5, 0.6) is 0 Å². The summed E-state index contributed by atoms with van der Waals surface area (Å²) >= 11 is 3.57. The highest BCUT2D eigenvalue weighted by Gasteiger charge is 2.21. The van der Waals surface area contributed by atoms with Crippen LogP contribution in [0.15, 0.2) is 22.7 Å². The Morgan fingerprint density at radius 1 is 1.40 bits per heavy atom. The largest absolute Gasteiger partial charge is 0.316 e. The predicted octanol–water partition coefficient (Wildman–Crippen LogP) is 3.33. The van der Waals surface area contributed by atoms with Gasteiger partial charge in [0.25, 0.3) is 0 Å². The third-order valence-electron chi connectivity index (χ3n) is 3.25. The zero-order valence-electron chi connectivity index (χ0n) is 9.39. The van der Waals surface area contributed by atoms with Gasteiger partial charge in [0.1, 0.15) is 0 Å². The van der Waals surface area contributed by atoms with Gasteiger partial charge >= 0.3 is 0 Å². The molecule has 1 unspecified atom stereocenters. The Bertz CT molecular complexity index is 346. The van der Waals surface area contributed by atoms with Crippen molar-refractivity contribution >= 4 is 15.9 Å². The van der Waals surface area contributed by atoms with Crippen LogP contribution in [0.2, 0.25) is 0 Å². The van der Waals surface area contributed by atoms with E-state index in [9.17, 15) is 0 Å². The molecule has 0 bridgehead atoms. The van der Waals surface area contributed by atoms with Gasteiger partial charge in [-0.3, -0.25) is 0 Å². The minimum atomic E-state index is 0.653. The molecule has 0 spiro atoms. The van der Waals surface area contributed by atoms with E-state index in [1.807, 2.05) is 0 Å². The molecule has 0 radical (unpaired) electrons. The average molecular weight is 268 g/mol. The molecule has 2 heteroatoms. The van der Waals surface area contributed by atoms with Crippen molar-refractivity contribution in [3.63, 3.8) is 0 Å². The number of halogens is 1. The molecule has 1 nitrogen and oxygen atoms in total. The lowest BCUT2D eigenvalue weighted by Gasteiger charge is -2.21. The van der Waals surface area contributed by atoms with Crippen LogP contribution in [0.25, 0.3) is 0 Å². The highest BCUT2D eigenvalue weighted by atomic mass is 79.9. The number of benzene rings is 1. The van der Waals surface area contributed by atoms with E-state index in [1.165, 1.54) is 15.6 Å². The smallest absolute Gasteiger partial charge is 0.0178 e. The van der Waals surface area contributed by atoms with Crippen molar-refractivity contribution in [2.45, 2.75) is 26.2 Å². The van der Waals surface area contributed by atoms with Crippen LogP contribution in [-0.4, -0.2) is 13.1 Å². The minimum absolute atomic E-state index is 0.653. The van der Waals surface area contributed by atoms with E-state index in [-0.39, 0.29) is 0 Å². The molecular formula is C13H18BrN. The van der Waals surface area contributed by atoms with Crippen molar-refractivity contribution < 1.29 is 0 Å². The van der Waals surface area contributed by atoms with Gasteiger partial charge in [0, 0.05) is 11.0 Å². The normalized spacial score (nSPS) is 21.2. The minimum Gasteiger partial charge on any atom is -0.316 e.